The third-order valence-corrected chi connectivity index (χ3v) is 3.55. The lowest BCUT2D eigenvalue weighted by Crippen LogP contribution is -2.23. The molecule has 2 aromatic carbocycles. The van der Waals surface area contributed by atoms with Gasteiger partial charge in [0.05, 0.1) is 11.3 Å². The first-order valence-electron chi connectivity index (χ1n) is 6.53. The van der Waals surface area contributed by atoms with Gasteiger partial charge in [-0.1, -0.05) is 54.1 Å². The van der Waals surface area contributed by atoms with Crippen LogP contribution in [-0.4, -0.2) is 11.1 Å². The molecular formula is C17H15NO2. The minimum absolute atomic E-state index is 0.343. The van der Waals surface area contributed by atoms with Gasteiger partial charge in [-0.3, -0.25) is 0 Å². The Kier molecular flexibility index (Phi) is 3.03. The standard InChI is InChI=1S/C17H15NO2/c1-11-6-8-12(9-7-11)16-15(17(19)20)14-5-3-2-4-13(14)10-18-16/h2-9,18H,10H2,1H3,(H,19,20). The third-order valence-electron chi connectivity index (χ3n) is 3.55. The number of nitrogens with one attached hydrogen (secondary N) is 1. The Labute approximate surface area is 117 Å². The Balaban J connectivity index is 2.21. The highest BCUT2D eigenvalue weighted by Gasteiger charge is 2.24. The van der Waals surface area contributed by atoms with Crippen molar-refractivity contribution in [1.82, 2.24) is 5.32 Å². The Morgan fingerprint density at radius 2 is 1.80 bits per heavy atom. The molecule has 3 heteroatoms. The maximum atomic E-state index is 11.7. The Bertz CT molecular complexity index is 699. The van der Waals surface area contributed by atoms with Crippen LogP contribution in [0.2, 0.25) is 0 Å². The van der Waals surface area contributed by atoms with Gasteiger partial charge in [-0.15, -0.1) is 0 Å². The molecule has 0 amide bonds. The van der Waals surface area contributed by atoms with E-state index in [4.69, 9.17) is 0 Å². The van der Waals surface area contributed by atoms with Crippen molar-refractivity contribution in [3.63, 3.8) is 0 Å². The molecule has 0 atom stereocenters. The SMILES string of the molecule is Cc1ccc(C2=C(C(=O)O)c3ccccc3CN2)cc1. The zero-order valence-electron chi connectivity index (χ0n) is 11.2. The van der Waals surface area contributed by atoms with Crippen LogP contribution in [0.25, 0.3) is 11.3 Å². The number of fused-ring (bicyclic) bond motifs is 1. The van der Waals surface area contributed by atoms with Crippen LogP contribution in [0.1, 0.15) is 22.3 Å². The summed E-state index contributed by atoms with van der Waals surface area (Å²) in [6, 6.07) is 15.5. The molecule has 1 aliphatic rings. The van der Waals surface area contributed by atoms with Crippen LogP contribution < -0.4 is 5.32 Å². The van der Waals surface area contributed by atoms with Gasteiger partial charge in [-0.05, 0) is 23.6 Å². The number of hydrogen-bond acceptors (Lipinski definition) is 2. The average Bonchev–Trinajstić information content (AvgIpc) is 2.46. The van der Waals surface area contributed by atoms with Crippen molar-refractivity contribution in [3.8, 4) is 0 Å². The molecule has 2 N–H and O–H groups in total. The topological polar surface area (TPSA) is 49.3 Å². The molecule has 3 nitrogen and oxygen atoms in total. The summed E-state index contributed by atoms with van der Waals surface area (Å²) in [6.45, 7) is 2.66. The third kappa shape index (κ3) is 2.07. The molecule has 0 radical (unpaired) electrons. The second kappa shape index (κ2) is 4.85. The number of carboxylic acids is 1. The Hall–Kier alpha value is -2.55. The van der Waals surface area contributed by atoms with Gasteiger partial charge in [0.25, 0.3) is 0 Å². The second-order valence-electron chi connectivity index (χ2n) is 4.93. The summed E-state index contributed by atoms with van der Waals surface area (Å²) in [4.78, 5) is 11.7. The number of aliphatic carboxylic acids is 1. The van der Waals surface area contributed by atoms with Crippen LogP contribution in [0, 0.1) is 6.92 Å². The fourth-order valence-electron chi connectivity index (χ4n) is 2.51. The lowest BCUT2D eigenvalue weighted by Gasteiger charge is -2.23. The van der Waals surface area contributed by atoms with E-state index in [0.29, 0.717) is 17.8 Å². The van der Waals surface area contributed by atoms with Crippen molar-refractivity contribution in [3.05, 3.63) is 70.8 Å². The summed E-state index contributed by atoms with van der Waals surface area (Å²) in [5, 5.41) is 12.8. The smallest absolute Gasteiger partial charge is 0.338 e. The van der Waals surface area contributed by atoms with Crippen molar-refractivity contribution < 1.29 is 9.90 Å². The van der Waals surface area contributed by atoms with Gasteiger partial charge < -0.3 is 10.4 Å². The quantitative estimate of drug-likeness (QED) is 0.877. The zero-order valence-corrected chi connectivity index (χ0v) is 11.2. The maximum Gasteiger partial charge on any atom is 0.338 e. The summed E-state index contributed by atoms with van der Waals surface area (Å²) in [5.41, 5.74) is 4.91. The van der Waals surface area contributed by atoms with Crippen LogP contribution >= 0.6 is 0 Å². The van der Waals surface area contributed by atoms with Crippen LogP contribution in [0.3, 0.4) is 0 Å². The van der Waals surface area contributed by atoms with E-state index in [0.717, 1.165) is 22.3 Å². The van der Waals surface area contributed by atoms with Gasteiger partial charge in [0.1, 0.15) is 0 Å². The molecule has 0 aliphatic carbocycles. The second-order valence-corrected chi connectivity index (χ2v) is 4.93. The number of benzene rings is 2. The minimum Gasteiger partial charge on any atom is -0.478 e. The molecule has 0 saturated heterocycles. The lowest BCUT2D eigenvalue weighted by atomic mass is 9.92. The highest BCUT2D eigenvalue weighted by Crippen LogP contribution is 2.31. The van der Waals surface area contributed by atoms with Crippen LogP contribution in [-0.2, 0) is 11.3 Å². The number of aryl methyl sites for hydroxylation is 1. The van der Waals surface area contributed by atoms with Gasteiger partial charge in [0.2, 0.25) is 0 Å². The molecule has 0 saturated carbocycles. The number of hydrogen-bond donors (Lipinski definition) is 2. The molecule has 2 aromatic rings. The van der Waals surface area contributed by atoms with Gasteiger partial charge in [0, 0.05) is 6.54 Å². The van der Waals surface area contributed by atoms with E-state index in [-0.39, 0.29) is 0 Å². The number of carboxylic acid groups (broad SMARTS) is 1. The fourth-order valence-corrected chi connectivity index (χ4v) is 2.51. The van der Waals surface area contributed by atoms with Crippen molar-refractivity contribution in [2.45, 2.75) is 13.5 Å². The summed E-state index contributed by atoms with van der Waals surface area (Å²) < 4.78 is 0. The van der Waals surface area contributed by atoms with Crippen LogP contribution in [0.5, 0.6) is 0 Å². The van der Waals surface area contributed by atoms with Gasteiger partial charge in [0.15, 0.2) is 0 Å². The summed E-state index contributed by atoms with van der Waals surface area (Å²) in [5.74, 6) is -0.903. The predicted molar refractivity (Wildman–Crippen MR) is 78.9 cm³/mol. The van der Waals surface area contributed by atoms with E-state index in [1.54, 1.807) is 0 Å². The Morgan fingerprint density at radius 3 is 2.50 bits per heavy atom. The van der Waals surface area contributed by atoms with E-state index in [1.807, 2.05) is 55.5 Å². The first kappa shape index (κ1) is 12.5. The monoisotopic (exact) mass is 265 g/mol. The lowest BCUT2D eigenvalue weighted by molar-refractivity contribution is -0.130. The van der Waals surface area contributed by atoms with Crippen molar-refractivity contribution in [2.24, 2.45) is 0 Å². The highest BCUT2D eigenvalue weighted by atomic mass is 16.4. The molecule has 20 heavy (non-hydrogen) atoms. The van der Waals surface area contributed by atoms with Crippen molar-refractivity contribution in [2.75, 3.05) is 0 Å². The summed E-state index contributed by atoms with van der Waals surface area (Å²) >= 11 is 0. The van der Waals surface area contributed by atoms with E-state index < -0.39 is 5.97 Å². The molecule has 0 bridgehead atoms. The summed E-state index contributed by atoms with van der Waals surface area (Å²) in [6.07, 6.45) is 0. The van der Waals surface area contributed by atoms with Gasteiger partial charge in [-0.2, -0.15) is 0 Å². The van der Waals surface area contributed by atoms with Crippen molar-refractivity contribution in [1.29, 1.82) is 0 Å². The molecule has 0 unspecified atom stereocenters. The van der Waals surface area contributed by atoms with Gasteiger partial charge >= 0.3 is 5.97 Å². The normalized spacial score (nSPS) is 13.7. The van der Waals surface area contributed by atoms with E-state index in [1.165, 1.54) is 0 Å². The summed E-state index contributed by atoms with van der Waals surface area (Å²) in [7, 11) is 0. The van der Waals surface area contributed by atoms with Crippen LogP contribution in [0.4, 0.5) is 0 Å². The number of carbonyl (C=O) groups is 1. The molecule has 1 heterocycles. The maximum absolute atomic E-state index is 11.7. The number of rotatable bonds is 2. The first-order chi connectivity index (χ1) is 9.66. The molecule has 100 valence electrons. The molecule has 0 spiro atoms. The van der Waals surface area contributed by atoms with Crippen LogP contribution in [0.15, 0.2) is 48.5 Å². The molecule has 3 rings (SSSR count). The Morgan fingerprint density at radius 1 is 1.10 bits per heavy atom. The molecule has 0 aromatic heterocycles. The van der Waals surface area contributed by atoms with Crippen molar-refractivity contribution >= 4 is 17.2 Å². The largest absolute Gasteiger partial charge is 0.478 e. The molecular weight excluding hydrogens is 250 g/mol. The molecule has 0 fully saturated rings. The van der Waals surface area contributed by atoms with E-state index >= 15 is 0 Å². The average molecular weight is 265 g/mol. The minimum atomic E-state index is -0.903. The first-order valence-corrected chi connectivity index (χ1v) is 6.53. The molecule has 1 aliphatic heterocycles. The fraction of sp³-hybridized carbons (Fsp3) is 0.118. The van der Waals surface area contributed by atoms with E-state index in [2.05, 4.69) is 5.32 Å². The van der Waals surface area contributed by atoms with Gasteiger partial charge in [-0.25, -0.2) is 4.79 Å². The zero-order chi connectivity index (χ0) is 14.1. The predicted octanol–water partition coefficient (Wildman–Crippen LogP) is 3.05. The highest BCUT2D eigenvalue weighted by molar-refractivity contribution is 6.24. The van der Waals surface area contributed by atoms with E-state index in [9.17, 15) is 9.90 Å².